The molecule has 0 aromatic heterocycles. The van der Waals surface area contributed by atoms with E-state index in [4.69, 9.17) is 5.11 Å². The second-order valence-corrected chi connectivity index (χ2v) is 4.20. The predicted molar refractivity (Wildman–Crippen MR) is 44.0 cm³/mol. The summed E-state index contributed by atoms with van der Waals surface area (Å²) in [6.45, 7) is 4.49. The van der Waals surface area contributed by atoms with E-state index in [0.29, 0.717) is 6.61 Å². The molecule has 0 bridgehead atoms. The van der Waals surface area contributed by atoms with Gasteiger partial charge in [0.1, 0.15) is 0 Å². The molecule has 0 saturated heterocycles. The van der Waals surface area contributed by atoms with E-state index < -0.39 is 0 Å². The lowest BCUT2D eigenvalue weighted by atomic mass is 10.1. The maximum Gasteiger partial charge on any atom is 0.0431 e. The van der Waals surface area contributed by atoms with Crippen molar-refractivity contribution in [2.45, 2.75) is 37.9 Å². The van der Waals surface area contributed by atoms with Crippen LogP contribution < -0.4 is 0 Å². The van der Waals surface area contributed by atoms with Crippen LogP contribution in [0.5, 0.6) is 0 Å². The van der Waals surface area contributed by atoms with Crippen LogP contribution in [0.3, 0.4) is 0 Å². The van der Waals surface area contributed by atoms with Crippen LogP contribution in [0.2, 0.25) is 0 Å². The summed E-state index contributed by atoms with van der Waals surface area (Å²) >= 11 is 4.35. The molecular weight excluding hydrogens is 132 g/mol. The first kappa shape index (κ1) is 9.31. The quantitative estimate of drug-likeness (QED) is 0.460. The molecule has 0 saturated carbocycles. The Labute approximate surface area is 62.9 Å². The van der Waals surface area contributed by atoms with Gasteiger partial charge in [0, 0.05) is 11.4 Å². The fourth-order valence-electron chi connectivity index (χ4n) is 0.669. The van der Waals surface area contributed by atoms with Crippen LogP contribution >= 0.6 is 12.6 Å². The van der Waals surface area contributed by atoms with Crippen LogP contribution in [0.1, 0.15) is 33.1 Å². The molecule has 0 aliphatic rings. The number of aliphatic hydroxyl groups is 1. The van der Waals surface area contributed by atoms with Crippen LogP contribution in [0.15, 0.2) is 0 Å². The highest BCUT2D eigenvalue weighted by atomic mass is 32.1. The third-order valence-corrected chi connectivity index (χ3v) is 1.42. The molecule has 0 aliphatic carbocycles. The van der Waals surface area contributed by atoms with Gasteiger partial charge in [-0.25, -0.2) is 0 Å². The first-order chi connectivity index (χ1) is 4.06. The Morgan fingerprint density at radius 1 is 1.33 bits per heavy atom. The second kappa shape index (κ2) is 4.18. The van der Waals surface area contributed by atoms with Crippen molar-refractivity contribution in [3.8, 4) is 0 Å². The minimum Gasteiger partial charge on any atom is -0.396 e. The average Bonchev–Trinajstić information content (AvgIpc) is 1.63. The third kappa shape index (κ3) is 8.31. The molecule has 1 nitrogen and oxygen atoms in total. The molecule has 2 heteroatoms. The lowest BCUT2D eigenvalue weighted by molar-refractivity contribution is 0.281. The largest absolute Gasteiger partial charge is 0.396 e. The van der Waals surface area contributed by atoms with Crippen LogP contribution in [-0.2, 0) is 0 Å². The van der Waals surface area contributed by atoms with Gasteiger partial charge >= 0.3 is 0 Å². The maximum absolute atomic E-state index is 8.44. The first-order valence-electron chi connectivity index (χ1n) is 3.39. The molecule has 0 unspecified atom stereocenters. The van der Waals surface area contributed by atoms with Crippen molar-refractivity contribution in [1.82, 2.24) is 0 Å². The highest BCUT2D eigenvalue weighted by molar-refractivity contribution is 7.81. The van der Waals surface area contributed by atoms with Crippen molar-refractivity contribution < 1.29 is 5.11 Å². The van der Waals surface area contributed by atoms with E-state index in [0.717, 1.165) is 19.3 Å². The summed E-state index contributed by atoms with van der Waals surface area (Å²) in [6, 6.07) is 0. The number of hydrogen-bond acceptors (Lipinski definition) is 2. The van der Waals surface area contributed by atoms with Gasteiger partial charge in [-0.3, -0.25) is 0 Å². The molecule has 0 aromatic rings. The van der Waals surface area contributed by atoms with Crippen LogP contribution in [-0.4, -0.2) is 16.5 Å². The molecule has 0 spiro atoms. The van der Waals surface area contributed by atoms with Crippen LogP contribution in [0.25, 0.3) is 0 Å². The van der Waals surface area contributed by atoms with Gasteiger partial charge in [-0.15, -0.1) is 0 Å². The van der Waals surface area contributed by atoms with E-state index >= 15 is 0 Å². The topological polar surface area (TPSA) is 20.2 Å². The first-order valence-corrected chi connectivity index (χ1v) is 3.84. The molecule has 0 heterocycles. The molecule has 0 rings (SSSR count). The highest BCUT2D eigenvalue weighted by Gasteiger charge is 2.09. The predicted octanol–water partition coefficient (Wildman–Crippen LogP) is 1.86. The molecule has 0 radical (unpaired) electrons. The summed E-state index contributed by atoms with van der Waals surface area (Å²) in [5.41, 5.74) is 0. The zero-order valence-corrected chi connectivity index (χ0v) is 7.12. The van der Waals surface area contributed by atoms with Gasteiger partial charge in [-0.2, -0.15) is 12.6 Å². The number of hydrogen-bond donors (Lipinski definition) is 2. The van der Waals surface area contributed by atoms with Gasteiger partial charge in [0.25, 0.3) is 0 Å². The van der Waals surface area contributed by atoms with E-state index in [2.05, 4.69) is 26.5 Å². The number of rotatable bonds is 4. The van der Waals surface area contributed by atoms with Crippen LogP contribution in [0.4, 0.5) is 0 Å². The minimum atomic E-state index is 0.134. The monoisotopic (exact) mass is 148 g/mol. The van der Waals surface area contributed by atoms with E-state index in [1.54, 1.807) is 0 Å². The molecule has 0 aliphatic heterocycles. The Kier molecular flexibility index (Phi) is 4.32. The second-order valence-electron chi connectivity index (χ2n) is 2.99. The lowest BCUT2D eigenvalue weighted by Gasteiger charge is -2.15. The molecule has 0 atom stereocenters. The summed E-state index contributed by atoms with van der Waals surface area (Å²) < 4.78 is 0.134. The number of aliphatic hydroxyl groups excluding tert-OH is 1. The fourth-order valence-corrected chi connectivity index (χ4v) is 0.828. The zero-order valence-electron chi connectivity index (χ0n) is 6.22. The van der Waals surface area contributed by atoms with Crippen molar-refractivity contribution in [2.24, 2.45) is 0 Å². The van der Waals surface area contributed by atoms with E-state index in [9.17, 15) is 0 Å². The third-order valence-electron chi connectivity index (χ3n) is 1.20. The minimum absolute atomic E-state index is 0.134. The molecule has 1 N–H and O–H groups in total. The average molecular weight is 148 g/mol. The molecule has 56 valence electrons. The van der Waals surface area contributed by atoms with Gasteiger partial charge < -0.3 is 5.11 Å². The van der Waals surface area contributed by atoms with Crippen molar-refractivity contribution in [3.63, 3.8) is 0 Å². The maximum atomic E-state index is 8.44. The molecular formula is C7H16OS. The molecule has 0 fully saturated rings. The highest BCUT2D eigenvalue weighted by Crippen LogP contribution is 2.19. The Morgan fingerprint density at radius 3 is 2.22 bits per heavy atom. The Hall–Kier alpha value is 0.310. The smallest absolute Gasteiger partial charge is 0.0431 e. The van der Waals surface area contributed by atoms with E-state index in [1.807, 2.05) is 0 Å². The Balaban J connectivity index is 3.07. The summed E-state index contributed by atoms with van der Waals surface area (Å²) in [7, 11) is 0. The lowest BCUT2D eigenvalue weighted by Crippen LogP contribution is -2.09. The van der Waals surface area contributed by atoms with Crippen molar-refractivity contribution in [3.05, 3.63) is 0 Å². The zero-order chi connectivity index (χ0) is 7.33. The number of unbranched alkanes of at least 4 members (excludes halogenated alkanes) is 1. The van der Waals surface area contributed by atoms with Gasteiger partial charge in [-0.05, 0) is 19.3 Å². The van der Waals surface area contributed by atoms with Gasteiger partial charge in [0.2, 0.25) is 0 Å². The summed E-state index contributed by atoms with van der Waals surface area (Å²) in [6.07, 6.45) is 3.06. The molecule has 0 amide bonds. The summed E-state index contributed by atoms with van der Waals surface area (Å²) in [5.74, 6) is 0. The van der Waals surface area contributed by atoms with E-state index in [-0.39, 0.29) is 4.75 Å². The Morgan fingerprint density at radius 2 is 1.89 bits per heavy atom. The summed E-state index contributed by atoms with van der Waals surface area (Å²) in [5, 5.41) is 8.44. The SMILES string of the molecule is CC(C)(S)CCCCO. The normalized spacial score (nSPS) is 12.0. The van der Waals surface area contributed by atoms with Crippen molar-refractivity contribution >= 4 is 12.6 Å². The van der Waals surface area contributed by atoms with Gasteiger partial charge in [-0.1, -0.05) is 13.8 Å². The number of thiol groups is 1. The van der Waals surface area contributed by atoms with Gasteiger partial charge in [0.15, 0.2) is 0 Å². The van der Waals surface area contributed by atoms with Crippen molar-refractivity contribution in [1.29, 1.82) is 0 Å². The van der Waals surface area contributed by atoms with Crippen molar-refractivity contribution in [2.75, 3.05) is 6.61 Å². The van der Waals surface area contributed by atoms with E-state index in [1.165, 1.54) is 0 Å². The standard InChI is InChI=1S/C7H16OS/c1-7(2,9)5-3-4-6-8/h8-9H,3-6H2,1-2H3. The summed E-state index contributed by atoms with van der Waals surface area (Å²) in [4.78, 5) is 0. The van der Waals surface area contributed by atoms with Gasteiger partial charge in [0.05, 0.1) is 0 Å². The fraction of sp³-hybridized carbons (Fsp3) is 1.00. The molecule has 0 aromatic carbocycles. The molecule has 9 heavy (non-hydrogen) atoms. The Bertz CT molecular complexity index is 65.8. The van der Waals surface area contributed by atoms with Crippen LogP contribution in [0, 0.1) is 0 Å².